The van der Waals surface area contributed by atoms with E-state index in [-0.39, 0.29) is 6.61 Å². The van der Waals surface area contributed by atoms with Crippen molar-refractivity contribution in [2.24, 2.45) is 4.99 Å². The first kappa shape index (κ1) is 19.0. The molecule has 0 unspecified atom stereocenters. The second-order valence-electron chi connectivity index (χ2n) is 5.14. The van der Waals surface area contributed by atoms with E-state index in [9.17, 15) is 13.2 Å². The summed E-state index contributed by atoms with van der Waals surface area (Å²) in [5, 5.41) is 3.16. The average Bonchev–Trinajstić information content (AvgIpc) is 2.47. The minimum absolute atomic E-state index is 0.0793. The van der Waals surface area contributed by atoms with E-state index in [0.717, 1.165) is 38.5 Å². The Hall–Kier alpha value is -1.02. The van der Waals surface area contributed by atoms with Crippen molar-refractivity contribution >= 4 is 5.96 Å². The molecule has 0 aliphatic carbocycles. The van der Waals surface area contributed by atoms with Crippen molar-refractivity contribution in [1.82, 2.24) is 10.2 Å². The van der Waals surface area contributed by atoms with Gasteiger partial charge in [0.05, 0.1) is 6.10 Å². The lowest BCUT2D eigenvalue weighted by molar-refractivity contribution is -0.173. The molecule has 1 heterocycles. The molecule has 0 aromatic heterocycles. The van der Waals surface area contributed by atoms with Crippen LogP contribution in [0.25, 0.3) is 0 Å². The summed E-state index contributed by atoms with van der Waals surface area (Å²) >= 11 is 0. The Bertz CT molecular complexity index is 330. The molecule has 1 fully saturated rings. The third kappa shape index (κ3) is 7.84. The summed E-state index contributed by atoms with van der Waals surface area (Å²) in [5.74, 6) is 0.783. The van der Waals surface area contributed by atoms with Gasteiger partial charge in [0, 0.05) is 39.9 Å². The second-order valence-corrected chi connectivity index (χ2v) is 5.14. The number of nitrogens with one attached hydrogen (secondary N) is 1. The Balaban J connectivity index is 2.16. The Morgan fingerprint density at radius 3 is 2.55 bits per heavy atom. The highest BCUT2D eigenvalue weighted by molar-refractivity contribution is 5.79. The molecule has 1 N–H and O–H groups in total. The second kappa shape index (κ2) is 9.89. The molecule has 0 amide bonds. The van der Waals surface area contributed by atoms with Crippen LogP contribution in [0.5, 0.6) is 0 Å². The van der Waals surface area contributed by atoms with Crippen LogP contribution in [0, 0.1) is 0 Å². The van der Waals surface area contributed by atoms with Gasteiger partial charge in [-0.3, -0.25) is 4.99 Å². The van der Waals surface area contributed by atoms with Crippen LogP contribution in [0.2, 0.25) is 0 Å². The molecule has 1 rings (SSSR count). The lowest BCUT2D eigenvalue weighted by atomic mass is 10.1. The topological polar surface area (TPSA) is 46.1 Å². The molecule has 0 atom stereocenters. The summed E-state index contributed by atoms with van der Waals surface area (Å²) in [4.78, 5) is 6.35. The molecule has 0 radical (unpaired) electrons. The van der Waals surface area contributed by atoms with Gasteiger partial charge in [-0.1, -0.05) is 0 Å². The maximum atomic E-state index is 11.9. The van der Waals surface area contributed by atoms with Gasteiger partial charge in [0.15, 0.2) is 5.96 Å². The van der Waals surface area contributed by atoms with E-state index in [1.54, 1.807) is 7.05 Å². The van der Waals surface area contributed by atoms with Crippen molar-refractivity contribution in [3.8, 4) is 0 Å². The minimum Gasteiger partial charge on any atom is -0.378 e. The third-order valence-electron chi connectivity index (χ3n) is 3.37. The molecule has 0 bridgehead atoms. The van der Waals surface area contributed by atoms with E-state index in [2.05, 4.69) is 19.9 Å². The van der Waals surface area contributed by atoms with Crippen molar-refractivity contribution in [3.63, 3.8) is 0 Å². The number of guanidine groups is 1. The first-order chi connectivity index (χ1) is 10.5. The lowest BCUT2D eigenvalue weighted by Crippen LogP contribution is -2.47. The molecule has 1 aliphatic rings. The summed E-state index contributed by atoms with van der Waals surface area (Å²) in [7, 11) is 1.71. The number of halogens is 3. The molecular formula is C14H26F3N3O2. The molecule has 0 aromatic carbocycles. The van der Waals surface area contributed by atoms with Crippen LogP contribution in [-0.4, -0.2) is 69.6 Å². The van der Waals surface area contributed by atoms with E-state index in [0.29, 0.717) is 19.1 Å². The van der Waals surface area contributed by atoms with Gasteiger partial charge in [-0.25, -0.2) is 0 Å². The van der Waals surface area contributed by atoms with E-state index in [1.165, 1.54) is 0 Å². The molecule has 130 valence electrons. The molecule has 8 heteroatoms. The predicted octanol–water partition coefficient (Wildman–Crippen LogP) is 2.03. The Kier molecular flexibility index (Phi) is 8.55. The van der Waals surface area contributed by atoms with E-state index < -0.39 is 12.8 Å². The van der Waals surface area contributed by atoms with Crippen LogP contribution in [0.15, 0.2) is 4.99 Å². The summed E-state index contributed by atoms with van der Waals surface area (Å²) in [6.45, 7) is 3.89. The number of aliphatic imine (C=N–C) groups is 1. The Morgan fingerprint density at radius 2 is 2.00 bits per heavy atom. The van der Waals surface area contributed by atoms with Crippen LogP contribution >= 0.6 is 0 Å². The van der Waals surface area contributed by atoms with Gasteiger partial charge in [0.25, 0.3) is 0 Å². The quantitative estimate of drug-likeness (QED) is 0.442. The Morgan fingerprint density at radius 1 is 1.32 bits per heavy atom. The summed E-state index contributed by atoms with van der Waals surface area (Å²) in [5.41, 5.74) is 0. The molecule has 1 aliphatic heterocycles. The average molecular weight is 325 g/mol. The van der Waals surface area contributed by atoms with Crippen molar-refractivity contribution in [2.45, 2.75) is 38.5 Å². The standard InChI is InChI=1S/C14H26F3N3O2/c1-3-22-12-5-8-20(9-6-12)13(18-2)19-7-4-10-21-11-14(15,16)17/h12H,3-11H2,1-2H3,(H,18,19). The van der Waals surface area contributed by atoms with Crippen LogP contribution in [0.1, 0.15) is 26.2 Å². The van der Waals surface area contributed by atoms with Crippen LogP contribution < -0.4 is 5.32 Å². The van der Waals surface area contributed by atoms with E-state index in [1.807, 2.05) is 6.92 Å². The third-order valence-corrected chi connectivity index (χ3v) is 3.37. The van der Waals surface area contributed by atoms with E-state index in [4.69, 9.17) is 4.74 Å². The van der Waals surface area contributed by atoms with Crippen LogP contribution in [0.4, 0.5) is 13.2 Å². The first-order valence-corrected chi connectivity index (χ1v) is 7.68. The number of rotatable bonds is 7. The van der Waals surface area contributed by atoms with E-state index >= 15 is 0 Å². The summed E-state index contributed by atoms with van der Waals surface area (Å²) in [6.07, 6.45) is -1.51. The normalized spacial score (nSPS) is 17.9. The van der Waals surface area contributed by atoms with Gasteiger partial charge < -0.3 is 19.7 Å². The van der Waals surface area contributed by atoms with Gasteiger partial charge >= 0.3 is 6.18 Å². The smallest absolute Gasteiger partial charge is 0.378 e. The molecule has 1 saturated heterocycles. The van der Waals surface area contributed by atoms with Crippen molar-refractivity contribution in [3.05, 3.63) is 0 Å². The van der Waals surface area contributed by atoms with Gasteiger partial charge in [0.1, 0.15) is 6.61 Å². The fourth-order valence-electron chi connectivity index (χ4n) is 2.36. The van der Waals surface area contributed by atoms with Crippen LogP contribution in [-0.2, 0) is 9.47 Å². The number of nitrogens with zero attached hydrogens (tertiary/aromatic N) is 2. The zero-order valence-corrected chi connectivity index (χ0v) is 13.3. The highest BCUT2D eigenvalue weighted by Crippen LogP contribution is 2.15. The monoisotopic (exact) mass is 325 g/mol. The molecule has 0 spiro atoms. The number of hydrogen-bond donors (Lipinski definition) is 1. The number of piperidine rings is 1. The molecule has 22 heavy (non-hydrogen) atoms. The minimum atomic E-state index is -4.26. The number of hydrogen-bond acceptors (Lipinski definition) is 3. The maximum absolute atomic E-state index is 11.9. The zero-order chi connectivity index (χ0) is 16.4. The number of ether oxygens (including phenoxy) is 2. The highest BCUT2D eigenvalue weighted by atomic mass is 19.4. The van der Waals surface area contributed by atoms with Gasteiger partial charge in [-0.2, -0.15) is 13.2 Å². The van der Waals surface area contributed by atoms with Crippen molar-refractivity contribution in [1.29, 1.82) is 0 Å². The van der Waals surface area contributed by atoms with Crippen molar-refractivity contribution in [2.75, 3.05) is 46.5 Å². The van der Waals surface area contributed by atoms with Gasteiger partial charge in [-0.05, 0) is 26.2 Å². The summed E-state index contributed by atoms with van der Waals surface area (Å²) < 4.78 is 45.9. The van der Waals surface area contributed by atoms with Crippen molar-refractivity contribution < 1.29 is 22.6 Å². The molecule has 0 saturated carbocycles. The molecular weight excluding hydrogens is 299 g/mol. The number of alkyl halides is 3. The zero-order valence-electron chi connectivity index (χ0n) is 13.3. The maximum Gasteiger partial charge on any atom is 0.411 e. The fraction of sp³-hybridized carbons (Fsp3) is 0.929. The number of likely N-dealkylation sites (tertiary alicyclic amines) is 1. The highest BCUT2D eigenvalue weighted by Gasteiger charge is 2.27. The molecule has 5 nitrogen and oxygen atoms in total. The lowest BCUT2D eigenvalue weighted by Gasteiger charge is -2.34. The van der Waals surface area contributed by atoms with Gasteiger partial charge in [0.2, 0.25) is 0 Å². The molecule has 0 aromatic rings. The SMILES string of the molecule is CCOC1CCN(C(=NC)NCCCOCC(F)(F)F)CC1. The fourth-order valence-corrected chi connectivity index (χ4v) is 2.36. The predicted molar refractivity (Wildman–Crippen MR) is 79.1 cm³/mol. The Labute approximate surface area is 129 Å². The largest absolute Gasteiger partial charge is 0.411 e. The van der Waals surface area contributed by atoms with Crippen LogP contribution in [0.3, 0.4) is 0 Å². The van der Waals surface area contributed by atoms with Gasteiger partial charge in [-0.15, -0.1) is 0 Å². The summed E-state index contributed by atoms with van der Waals surface area (Å²) in [6, 6.07) is 0. The first-order valence-electron chi connectivity index (χ1n) is 7.68.